The van der Waals surface area contributed by atoms with Crippen LogP contribution in [-0.4, -0.2) is 57.4 Å². The first-order valence-electron chi connectivity index (χ1n) is 12.3. The van der Waals surface area contributed by atoms with Crippen LogP contribution in [-0.2, 0) is 10.3 Å². The van der Waals surface area contributed by atoms with Crippen molar-refractivity contribution >= 4 is 17.7 Å². The largest absolute Gasteiger partial charge is 0.466 e. The van der Waals surface area contributed by atoms with Crippen LogP contribution in [0.2, 0.25) is 0 Å². The van der Waals surface area contributed by atoms with Crippen molar-refractivity contribution in [1.82, 2.24) is 9.88 Å². The van der Waals surface area contributed by atoms with Crippen molar-refractivity contribution in [3.8, 4) is 28.3 Å². The molecule has 2 N–H and O–H groups in total. The second-order valence-corrected chi connectivity index (χ2v) is 10.8. The number of carboxylic acid groups (broad SMARTS) is 1. The Morgan fingerprint density at radius 2 is 1.73 bits per heavy atom. The lowest BCUT2D eigenvalue weighted by Gasteiger charge is -2.56. The van der Waals surface area contributed by atoms with E-state index < -0.39 is 23.3 Å². The molecule has 0 atom stereocenters. The molecular weight excluding hydrogens is 470 g/mol. The number of anilines is 1. The molecule has 0 radical (unpaired) electrons. The van der Waals surface area contributed by atoms with Crippen LogP contribution in [0.3, 0.4) is 0 Å². The number of carbonyl (C=O) groups is 2. The van der Waals surface area contributed by atoms with Crippen LogP contribution < -0.4 is 9.64 Å². The molecule has 37 heavy (non-hydrogen) atoms. The minimum Gasteiger partial charge on any atom is -0.466 e. The minimum absolute atomic E-state index is 0.0672. The molecule has 2 aliphatic rings. The number of rotatable bonds is 4. The third-order valence-electron chi connectivity index (χ3n) is 7.25. The van der Waals surface area contributed by atoms with E-state index in [-0.39, 0.29) is 12.5 Å². The molecule has 2 aromatic carbocycles. The highest BCUT2D eigenvalue weighted by Gasteiger charge is 2.54. The maximum Gasteiger partial charge on any atom is 0.408 e. The molecule has 0 saturated heterocycles. The molecule has 1 aliphatic heterocycles. The van der Waals surface area contributed by atoms with Gasteiger partial charge in [0.2, 0.25) is 5.88 Å². The van der Waals surface area contributed by atoms with Crippen molar-refractivity contribution in [2.75, 3.05) is 18.6 Å². The second-order valence-electron chi connectivity index (χ2n) is 10.8. The SMILES string of the molecule is CN1C(=O)COc2nc(-c3ccc(C4(N(C(=O)O)C(C)(C)C)CC(O)C4)cc3)c(-c3ccccc3)cc21. The van der Waals surface area contributed by atoms with Crippen molar-refractivity contribution in [3.63, 3.8) is 0 Å². The number of likely N-dealkylation sites (N-methyl/N-ethyl adjacent to an activating group) is 1. The first-order valence-corrected chi connectivity index (χ1v) is 12.3. The lowest BCUT2D eigenvalue weighted by molar-refractivity contribution is -0.121. The fourth-order valence-electron chi connectivity index (χ4n) is 5.57. The molecule has 8 nitrogen and oxygen atoms in total. The predicted octanol–water partition coefficient (Wildman–Crippen LogP) is 4.90. The van der Waals surface area contributed by atoms with Crippen LogP contribution in [0.25, 0.3) is 22.4 Å². The summed E-state index contributed by atoms with van der Waals surface area (Å²) in [6, 6.07) is 19.5. The van der Waals surface area contributed by atoms with E-state index in [2.05, 4.69) is 0 Å². The Labute approximate surface area is 216 Å². The van der Waals surface area contributed by atoms with Gasteiger partial charge < -0.3 is 19.8 Å². The van der Waals surface area contributed by atoms with Crippen LogP contribution in [0.4, 0.5) is 10.5 Å². The quantitative estimate of drug-likeness (QED) is 0.527. The Kier molecular flexibility index (Phi) is 5.95. The number of nitrogens with zero attached hydrogens (tertiary/aromatic N) is 3. The molecule has 2 amide bonds. The maximum atomic E-state index is 12.3. The van der Waals surface area contributed by atoms with Crippen molar-refractivity contribution in [2.45, 2.75) is 50.8 Å². The van der Waals surface area contributed by atoms with E-state index in [9.17, 15) is 19.8 Å². The number of ether oxygens (including phenoxy) is 1. The molecule has 1 saturated carbocycles. The number of aliphatic hydroxyl groups is 1. The summed E-state index contributed by atoms with van der Waals surface area (Å²) < 4.78 is 5.67. The normalized spacial score (nSPS) is 21.1. The van der Waals surface area contributed by atoms with Crippen LogP contribution in [0.1, 0.15) is 39.2 Å². The predicted molar refractivity (Wildman–Crippen MR) is 141 cm³/mol. The number of fused-ring (bicyclic) bond motifs is 1. The average molecular weight is 502 g/mol. The topological polar surface area (TPSA) is 103 Å². The van der Waals surface area contributed by atoms with Gasteiger partial charge in [0.1, 0.15) is 5.69 Å². The summed E-state index contributed by atoms with van der Waals surface area (Å²) >= 11 is 0. The maximum absolute atomic E-state index is 12.3. The molecule has 5 rings (SSSR count). The van der Waals surface area contributed by atoms with E-state index in [4.69, 9.17) is 9.72 Å². The van der Waals surface area contributed by atoms with Crippen molar-refractivity contribution in [3.05, 3.63) is 66.2 Å². The Balaban J connectivity index is 1.61. The first-order chi connectivity index (χ1) is 17.5. The van der Waals surface area contributed by atoms with Gasteiger partial charge in [-0.3, -0.25) is 9.69 Å². The Bertz CT molecular complexity index is 1340. The summed E-state index contributed by atoms with van der Waals surface area (Å²) in [5, 5.41) is 20.3. The van der Waals surface area contributed by atoms with Gasteiger partial charge in [0.25, 0.3) is 5.91 Å². The second kappa shape index (κ2) is 8.88. The van der Waals surface area contributed by atoms with E-state index in [0.717, 1.165) is 22.3 Å². The molecule has 8 heteroatoms. The zero-order chi connectivity index (χ0) is 26.5. The molecule has 2 heterocycles. The number of pyridine rings is 1. The number of hydrogen-bond acceptors (Lipinski definition) is 5. The molecule has 0 unspecified atom stereocenters. The van der Waals surface area contributed by atoms with Gasteiger partial charge in [0.05, 0.1) is 17.3 Å². The molecule has 0 spiro atoms. The fraction of sp³-hybridized carbons (Fsp3) is 0.345. The van der Waals surface area contributed by atoms with Gasteiger partial charge in [0, 0.05) is 36.6 Å². The van der Waals surface area contributed by atoms with Gasteiger partial charge in [-0.1, -0.05) is 54.6 Å². The van der Waals surface area contributed by atoms with Gasteiger partial charge in [-0.15, -0.1) is 0 Å². The highest BCUT2D eigenvalue weighted by atomic mass is 16.5. The van der Waals surface area contributed by atoms with Gasteiger partial charge >= 0.3 is 6.09 Å². The minimum atomic E-state index is -1.01. The van der Waals surface area contributed by atoms with Gasteiger partial charge in [-0.2, -0.15) is 0 Å². The van der Waals surface area contributed by atoms with Crippen LogP contribution in [0, 0.1) is 0 Å². The Hall–Kier alpha value is -3.91. The van der Waals surface area contributed by atoms with Crippen molar-refractivity contribution in [2.24, 2.45) is 0 Å². The summed E-state index contributed by atoms with van der Waals surface area (Å²) in [7, 11) is 1.71. The van der Waals surface area contributed by atoms with Crippen LogP contribution in [0.15, 0.2) is 60.7 Å². The van der Waals surface area contributed by atoms with E-state index in [0.29, 0.717) is 30.1 Å². The van der Waals surface area contributed by atoms with E-state index in [1.54, 1.807) is 11.9 Å². The lowest BCUT2D eigenvalue weighted by atomic mass is 9.67. The summed E-state index contributed by atoms with van der Waals surface area (Å²) in [4.78, 5) is 32.4. The molecule has 1 aliphatic carbocycles. The number of aliphatic hydroxyl groups excluding tert-OH is 1. The Morgan fingerprint density at radius 3 is 2.30 bits per heavy atom. The van der Waals surface area contributed by atoms with Crippen LogP contribution >= 0.6 is 0 Å². The first kappa shape index (κ1) is 24.8. The number of amides is 2. The number of aromatic nitrogens is 1. The summed E-state index contributed by atoms with van der Waals surface area (Å²) in [5.74, 6) is 0.254. The van der Waals surface area contributed by atoms with Crippen LogP contribution in [0.5, 0.6) is 5.88 Å². The molecule has 0 bridgehead atoms. The molecule has 1 aromatic heterocycles. The zero-order valence-electron chi connectivity index (χ0n) is 21.4. The zero-order valence-corrected chi connectivity index (χ0v) is 21.4. The van der Waals surface area contributed by atoms with Gasteiger partial charge in [0.15, 0.2) is 6.61 Å². The number of hydrogen-bond donors (Lipinski definition) is 2. The van der Waals surface area contributed by atoms with Crippen molar-refractivity contribution in [1.29, 1.82) is 0 Å². The fourth-order valence-corrected chi connectivity index (χ4v) is 5.57. The smallest absolute Gasteiger partial charge is 0.408 e. The molecule has 3 aromatic rings. The third kappa shape index (κ3) is 4.21. The number of carbonyl (C=O) groups excluding carboxylic acids is 1. The average Bonchev–Trinajstić information content (AvgIpc) is 2.84. The summed E-state index contributed by atoms with van der Waals surface area (Å²) in [5.41, 5.74) is 3.33. The van der Waals surface area contributed by atoms with E-state index >= 15 is 0 Å². The number of benzene rings is 2. The van der Waals surface area contributed by atoms with Gasteiger partial charge in [-0.25, -0.2) is 9.78 Å². The molecule has 1 fully saturated rings. The standard InChI is InChI=1S/C29H31N3O5/c1-28(2,3)32(27(35)36)29(15-21(33)16-29)20-12-10-19(11-13-20)25-22(18-8-6-5-7-9-18)14-23-26(30-25)37-17-24(34)31(23)4/h5-14,21,33H,15-17H2,1-4H3,(H,35,36). The van der Waals surface area contributed by atoms with Crippen molar-refractivity contribution < 1.29 is 24.5 Å². The highest BCUT2D eigenvalue weighted by Crippen LogP contribution is 2.50. The van der Waals surface area contributed by atoms with E-state index in [1.165, 1.54) is 4.90 Å². The van der Waals surface area contributed by atoms with Gasteiger partial charge in [-0.05, 0) is 38.0 Å². The summed E-state index contributed by atoms with van der Waals surface area (Å²) in [6.07, 6.45) is -0.873. The molecular formula is C29H31N3O5. The monoisotopic (exact) mass is 501 g/mol. The highest BCUT2D eigenvalue weighted by molar-refractivity contribution is 5.98. The third-order valence-corrected chi connectivity index (χ3v) is 7.25. The summed E-state index contributed by atoms with van der Waals surface area (Å²) in [6.45, 7) is 5.54. The molecule has 192 valence electrons. The Morgan fingerprint density at radius 1 is 1.08 bits per heavy atom. The van der Waals surface area contributed by atoms with E-state index in [1.807, 2.05) is 81.4 Å². The lowest BCUT2D eigenvalue weighted by Crippen LogP contribution is -2.64.